The number of nitrogens with one attached hydrogen (secondary N) is 2. The molecule has 0 atom stereocenters. The molecular formula is C20H20N4O3. The molecule has 1 fully saturated rings. The lowest BCUT2D eigenvalue weighted by Crippen LogP contribution is -2.38. The van der Waals surface area contributed by atoms with Crippen LogP contribution in [0.1, 0.15) is 5.69 Å². The molecule has 7 heteroatoms. The Labute approximate surface area is 156 Å². The van der Waals surface area contributed by atoms with Crippen LogP contribution in [0.25, 0.3) is 0 Å². The summed E-state index contributed by atoms with van der Waals surface area (Å²) in [6, 6.07) is 13.3. The molecular weight excluding hydrogens is 344 g/mol. The van der Waals surface area contributed by atoms with Crippen molar-refractivity contribution in [3.05, 3.63) is 74.8 Å². The van der Waals surface area contributed by atoms with Gasteiger partial charge in [-0.1, -0.05) is 18.2 Å². The lowest BCUT2D eigenvalue weighted by Gasteiger charge is -2.31. The Kier molecular flexibility index (Phi) is 4.84. The molecule has 1 saturated heterocycles. The fraction of sp³-hybridized carbons (Fsp3) is 0.250. The fourth-order valence-corrected chi connectivity index (χ4v) is 3.16. The minimum absolute atomic E-state index is 0.302. The highest BCUT2D eigenvalue weighted by Gasteiger charge is 2.23. The van der Waals surface area contributed by atoms with Crippen LogP contribution in [0.15, 0.2) is 58.3 Å². The lowest BCUT2D eigenvalue weighted by atomic mass is 10.1. The molecule has 0 spiro atoms. The number of hydrogen-bond donors (Lipinski definition) is 2. The maximum atomic E-state index is 12.1. The minimum atomic E-state index is -0.504. The number of nitrogens with zero attached hydrogens (tertiary/aromatic N) is 2. The zero-order valence-electron chi connectivity index (χ0n) is 14.8. The second kappa shape index (κ2) is 7.59. The highest BCUT2D eigenvalue weighted by molar-refractivity contribution is 5.83. The van der Waals surface area contributed by atoms with E-state index in [1.54, 1.807) is 6.20 Å². The maximum Gasteiger partial charge on any atom is 0.253 e. The predicted octanol–water partition coefficient (Wildman–Crippen LogP) is 1.87. The average Bonchev–Trinajstić information content (AvgIpc) is 2.74. The lowest BCUT2D eigenvalue weighted by molar-refractivity contribution is 0.123. The van der Waals surface area contributed by atoms with Gasteiger partial charge in [-0.2, -0.15) is 0 Å². The van der Waals surface area contributed by atoms with Gasteiger partial charge in [0.1, 0.15) is 11.4 Å². The second-order valence-corrected chi connectivity index (χ2v) is 6.32. The van der Waals surface area contributed by atoms with Crippen molar-refractivity contribution in [3.63, 3.8) is 0 Å². The summed E-state index contributed by atoms with van der Waals surface area (Å²) < 4.78 is 5.41. The minimum Gasteiger partial charge on any atom is -0.378 e. The van der Waals surface area contributed by atoms with Gasteiger partial charge in [-0.15, -0.1) is 0 Å². The molecule has 27 heavy (non-hydrogen) atoms. The number of rotatable bonds is 6. The van der Waals surface area contributed by atoms with Crippen LogP contribution < -0.4 is 26.4 Å². The Morgan fingerprint density at radius 2 is 1.70 bits per heavy atom. The van der Waals surface area contributed by atoms with Crippen LogP contribution in [0.2, 0.25) is 0 Å². The van der Waals surface area contributed by atoms with Gasteiger partial charge in [-0.25, -0.2) is 0 Å². The molecule has 1 aliphatic rings. The molecule has 3 aromatic rings. The largest absolute Gasteiger partial charge is 0.378 e. The van der Waals surface area contributed by atoms with Crippen LogP contribution in [0.5, 0.6) is 0 Å². The van der Waals surface area contributed by atoms with E-state index in [0.717, 1.165) is 30.2 Å². The van der Waals surface area contributed by atoms with E-state index in [1.165, 1.54) is 0 Å². The average molecular weight is 364 g/mol. The molecule has 2 aromatic carbocycles. The zero-order chi connectivity index (χ0) is 18.6. The van der Waals surface area contributed by atoms with Crippen molar-refractivity contribution >= 4 is 22.7 Å². The summed E-state index contributed by atoms with van der Waals surface area (Å²) in [5.41, 5.74) is 2.19. The quantitative estimate of drug-likeness (QED) is 0.646. The summed E-state index contributed by atoms with van der Waals surface area (Å²) >= 11 is 0. The van der Waals surface area contributed by atoms with Crippen LogP contribution in [-0.4, -0.2) is 31.3 Å². The van der Waals surface area contributed by atoms with Crippen LogP contribution in [0, 0.1) is 0 Å². The Morgan fingerprint density at radius 3 is 2.48 bits per heavy atom. The topological polar surface area (TPSA) is 83.6 Å². The molecule has 2 N–H and O–H groups in total. The molecule has 0 bridgehead atoms. The first-order valence-corrected chi connectivity index (χ1v) is 8.90. The number of pyridine rings is 1. The Hall–Kier alpha value is -3.19. The van der Waals surface area contributed by atoms with Crippen molar-refractivity contribution in [1.82, 2.24) is 4.98 Å². The number of ether oxygens (including phenoxy) is 1. The maximum absolute atomic E-state index is 12.1. The van der Waals surface area contributed by atoms with Crippen LogP contribution >= 0.6 is 0 Å². The summed E-state index contributed by atoms with van der Waals surface area (Å²) in [7, 11) is 0. The summed E-state index contributed by atoms with van der Waals surface area (Å²) in [4.78, 5) is 30.6. The number of aromatic nitrogens is 1. The summed E-state index contributed by atoms with van der Waals surface area (Å²) in [6.45, 7) is 3.30. The molecule has 0 unspecified atom stereocenters. The third-order valence-corrected chi connectivity index (χ3v) is 4.60. The third kappa shape index (κ3) is 3.54. The van der Waals surface area contributed by atoms with E-state index in [4.69, 9.17) is 4.74 Å². The van der Waals surface area contributed by atoms with Gasteiger partial charge < -0.3 is 20.3 Å². The monoisotopic (exact) mass is 364 g/mol. The van der Waals surface area contributed by atoms with Crippen molar-refractivity contribution in [2.75, 3.05) is 41.8 Å². The smallest absolute Gasteiger partial charge is 0.253 e. The highest BCUT2D eigenvalue weighted by atomic mass is 16.5. The van der Waals surface area contributed by atoms with E-state index in [9.17, 15) is 9.59 Å². The molecule has 0 amide bonds. The van der Waals surface area contributed by atoms with Crippen molar-refractivity contribution < 1.29 is 4.74 Å². The number of hydrogen-bond acceptors (Lipinski definition) is 7. The van der Waals surface area contributed by atoms with Gasteiger partial charge in [0.05, 0.1) is 36.8 Å². The van der Waals surface area contributed by atoms with Crippen LogP contribution in [-0.2, 0) is 11.3 Å². The molecule has 7 nitrogen and oxygen atoms in total. The third-order valence-electron chi connectivity index (χ3n) is 4.60. The number of anilines is 4. The van der Waals surface area contributed by atoms with E-state index in [2.05, 4.69) is 20.5 Å². The van der Waals surface area contributed by atoms with Gasteiger partial charge in [0.15, 0.2) is 0 Å². The Balaban J connectivity index is 1.55. The summed E-state index contributed by atoms with van der Waals surface area (Å²) in [6.07, 6.45) is 1.69. The predicted molar refractivity (Wildman–Crippen MR) is 106 cm³/mol. The van der Waals surface area contributed by atoms with E-state index < -0.39 is 10.9 Å². The van der Waals surface area contributed by atoms with E-state index in [-0.39, 0.29) is 0 Å². The van der Waals surface area contributed by atoms with E-state index in [1.807, 2.05) is 42.5 Å². The molecule has 0 aliphatic carbocycles. The summed E-state index contributed by atoms with van der Waals surface area (Å²) in [5, 5.41) is 6.19. The van der Waals surface area contributed by atoms with Crippen LogP contribution in [0.4, 0.5) is 22.7 Å². The van der Waals surface area contributed by atoms with Gasteiger partial charge in [0.2, 0.25) is 0 Å². The van der Waals surface area contributed by atoms with Gasteiger partial charge in [-0.05, 0) is 24.3 Å². The van der Waals surface area contributed by atoms with Crippen LogP contribution in [0.3, 0.4) is 0 Å². The van der Waals surface area contributed by atoms with Gasteiger partial charge >= 0.3 is 0 Å². The first-order valence-electron chi connectivity index (χ1n) is 8.90. The van der Waals surface area contributed by atoms with Crippen molar-refractivity contribution in [3.8, 4) is 0 Å². The van der Waals surface area contributed by atoms with Crippen molar-refractivity contribution in [2.24, 2.45) is 0 Å². The van der Waals surface area contributed by atoms with Gasteiger partial charge in [0.25, 0.3) is 10.9 Å². The standard InChI is InChI=1S/C20H20N4O3/c25-19-17(22-13-14-5-3-4-8-21-14)18(20(19)26)23-15-6-1-2-7-16(15)24-9-11-27-12-10-24/h1-8,22-23H,9-13H2. The first kappa shape index (κ1) is 17.2. The Bertz CT molecular complexity index is 990. The van der Waals surface area contributed by atoms with Gasteiger partial charge in [0, 0.05) is 19.3 Å². The van der Waals surface area contributed by atoms with Crippen molar-refractivity contribution in [1.29, 1.82) is 0 Å². The van der Waals surface area contributed by atoms with Gasteiger partial charge in [-0.3, -0.25) is 14.6 Å². The number of benzene rings is 1. The van der Waals surface area contributed by atoms with E-state index in [0.29, 0.717) is 31.1 Å². The number of para-hydroxylation sites is 2. The molecule has 138 valence electrons. The number of morpholine rings is 1. The zero-order valence-corrected chi connectivity index (χ0v) is 14.8. The molecule has 4 rings (SSSR count). The Morgan fingerprint density at radius 1 is 0.963 bits per heavy atom. The van der Waals surface area contributed by atoms with E-state index >= 15 is 0 Å². The fourth-order valence-electron chi connectivity index (χ4n) is 3.16. The molecule has 2 heterocycles. The van der Waals surface area contributed by atoms with Crippen molar-refractivity contribution in [2.45, 2.75) is 6.54 Å². The molecule has 0 radical (unpaired) electrons. The first-order chi connectivity index (χ1) is 13.2. The molecule has 0 saturated carbocycles. The molecule has 1 aliphatic heterocycles. The highest BCUT2D eigenvalue weighted by Crippen LogP contribution is 2.30. The summed E-state index contributed by atoms with van der Waals surface area (Å²) in [5.74, 6) is 0. The SMILES string of the molecule is O=c1c(NCc2ccccn2)c(Nc2ccccc2N2CCOCC2)c1=O. The molecule has 1 aromatic heterocycles. The normalized spacial score (nSPS) is 14.3. The second-order valence-electron chi connectivity index (χ2n) is 6.32.